The molecule has 0 spiro atoms. The average molecular weight is 517 g/mol. The van der Waals surface area contributed by atoms with Gasteiger partial charge in [-0.3, -0.25) is 29.4 Å². The van der Waals surface area contributed by atoms with Crippen LogP contribution in [0.25, 0.3) is 0 Å². The van der Waals surface area contributed by atoms with Crippen LogP contribution in [0.3, 0.4) is 0 Å². The monoisotopic (exact) mass is 516 g/mol. The quantitative estimate of drug-likeness (QED) is 0.545. The summed E-state index contributed by atoms with van der Waals surface area (Å²) in [6, 6.07) is 12.9. The van der Waals surface area contributed by atoms with Crippen LogP contribution in [0.2, 0.25) is 0 Å². The van der Waals surface area contributed by atoms with Crippen LogP contribution in [0.5, 0.6) is 0 Å². The molecule has 4 heterocycles. The van der Waals surface area contributed by atoms with Crippen LogP contribution in [0.1, 0.15) is 39.1 Å². The highest BCUT2D eigenvalue weighted by Crippen LogP contribution is 2.33. The van der Waals surface area contributed by atoms with E-state index in [2.05, 4.69) is 26.1 Å². The number of primary amides is 1. The van der Waals surface area contributed by atoms with Crippen molar-refractivity contribution in [1.29, 1.82) is 0 Å². The number of rotatable bonds is 6. The van der Waals surface area contributed by atoms with E-state index in [0.29, 0.717) is 30.0 Å². The first-order chi connectivity index (χ1) is 18.4. The SMILES string of the molecule is NC(=O)c1ccccc1N1CCN(CC2CN(c3ccc4c(c3)CN(C3CCC(=O)NC3=O)C4=O)C2)CC1. The summed E-state index contributed by atoms with van der Waals surface area (Å²) in [7, 11) is 0. The van der Waals surface area contributed by atoms with Crippen LogP contribution < -0.4 is 20.9 Å². The van der Waals surface area contributed by atoms with Gasteiger partial charge in [-0.25, -0.2) is 0 Å². The number of hydrogen-bond donors (Lipinski definition) is 2. The van der Waals surface area contributed by atoms with Gasteiger partial charge in [-0.2, -0.15) is 0 Å². The number of benzene rings is 2. The number of carbonyl (C=O) groups excluding carboxylic acids is 4. The lowest BCUT2D eigenvalue weighted by Crippen LogP contribution is -2.55. The lowest BCUT2D eigenvalue weighted by molar-refractivity contribution is -0.136. The molecule has 0 aromatic heterocycles. The van der Waals surface area contributed by atoms with Gasteiger partial charge < -0.3 is 20.4 Å². The van der Waals surface area contributed by atoms with Crippen molar-refractivity contribution < 1.29 is 19.2 Å². The maximum Gasteiger partial charge on any atom is 0.255 e. The summed E-state index contributed by atoms with van der Waals surface area (Å²) >= 11 is 0. The molecular weight excluding hydrogens is 484 g/mol. The van der Waals surface area contributed by atoms with E-state index in [0.717, 1.165) is 62.8 Å². The summed E-state index contributed by atoms with van der Waals surface area (Å²) < 4.78 is 0. The maximum atomic E-state index is 12.9. The Morgan fingerprint density at radius 3 is 2.47 bits per heavy atom. The predicted octanol–water partition coefficient (Wildman–Crippen LogP) is 0.805. The Hall–Kier alpha value is -3.92. The highest BCUT2D eigenvalue weighted by Gasteiger charge is 2.39. The fourth-order valence-corrected chi connectivity index (χ4v) is 6.15. The second-order valence-electron chi connectivity index (χ2n) is 10.7. The molecule has 1 unspecified atom stereocenters. The first kappa shape index (κ1) is 24.4. The van der Waals surface area contributed by atoms with Crippen LogP contribution >= 0.6 is 0 Å². The third-order valence-electron chi connectivity index (χ3n) is 8.23. The van der Waals surface area contributed by atoms with Gasteiger partial charge in [0.15, 0.2) is 0 Å². The van der Waals surface area contributed by atoms with Gasteiger partial charge in [-0.15, -0.1) is 0 Å². The number of nitrogens with zero attached hydrogens (tertiary/aromatic N) is 4. The number of hydrogen-bond acceptors (Lipinski definition) is 7. The Morgan fingerprint density at radius 1 is 0.974 bits per heavy atom. The number of anilines is 2. The Labute approximate surface area is 221 Å². The number of nitrogens with one attached hydrogen (secondary N) is 1. The van der Waals surface area contributed by atoms with E-state index in [1.54, 1.807) is 11.0 Å². The van der Waals surface area contributed by atoms with E-state index in [4.69, 9.17) is 5.73 Å². The molecule has 3 N–H and O–H groups in total. The number of fused-ring (bicyclic) bond motifs is 1. The summed E-state index contributed by atoms with van der Waals surface area (Å²) in [5.74, 6) is -0.613. The third-order valence-corrected chi connectivity index (χ3v) is 8.23. The molecule has 4 aliphatic rings. The highest BCUT2D eigenvalue weighted by molar-refractivity contribution is 6.05. The number of piperazine rings is 1. The van der Waals surface area contributed by atoms with Gasteiger partial charge in [-0.1, -0.05) is 12.1 Å². The Bertz CT molecular complexity index is 1300. The van der Waals surface area contributed by atoms with Crippen molar-refractivity contribution >= 4 is 35.0 Å². The number of nitrogens with two attached hydrogens (primary N) is 1. The lowest BCUT2D eigenvalue weighted by Gasteiger charge is -2.45. The van der Waals surface area contributed by atoms with Gasteiger partial charge in [-0.05, 0) is 42.3 Å². The second-order valence-corrected chi connectivity index (χ2v) is 10.7. The summed E-state index contributed by atoms with van der Waals surface area (Å²) in [5, 5.41) is 2.35. The van der Waals surface area contributed by atoms with Crippen LogP contribution in [0.4, 0.5) is 11.4 Å². The molecule has 0 aliphatic carbocycles. The fourth-order valence-electron chi connectivity index (χ4n) is 6.15. The molecule has 4 amide bonds. The number of para-hydroxylation sites is 1. The van der Waals surface area contributed by atoms with Gasteiger partial charge >= 0.3 is 0 Å². The molecule has 0 bridgehead atoms. The Balaban J connectivity index is 1.01. The van der Waals surface area contributed by atoms with E-state index in [9.17, 15) is 19.2 Å². The van der Waals surface area contributed by atoms with Crippen LogP contribution in [-0.2, 0) is 16.1 Å². The molecule has 10 nitrogen and oxygen atoms in total. The van der Waals surface area contributed by atoms with E-state index in [1.807, 2.05) is 30.3 Å². The van der Waals surface area contributed by atoms with Crippen molar-refractivity contribution in [3.8, 4) is 0 Å². The zero-order valence-electron chi connectivity index (χ0n) is 21.3. The number of carbonyl (C=O) groups is 4. The molecule has 38 heavy (non-hydrogen) atoms. The summed E-state index contributed by atoms with van der Waals surface area (Å²) in [6.45, 7) is 6.99. The van der Waals surface area contributed by atoms with Crippen LogP contribution in [-0.4, -0.2) is 85.3 Å². The number of amides is 4. The van der Waals surface area contributed by atoms with Crippen LogP contribution in [0.15, 0.2) is 42.5 Å². The lowest BCUT2D eigenvalue weighted by atomic mass is 9.97. The number of piperidine rings is 1. The molecule has 4 aliphatic heterocycles. The predicted molar refractivity (Wildman–Crippen MR) is 142 cm³/mol. The van der Waals surface area contributed by atoms with Gasteiger partial charge in [0, 0.05) is 81.6 Å². The van der Waals surface area contributed by atoms with Crippen LogP contribution in [0, 0.1) is 5.92 Å². The molecule has 2 aromatic rings. The zero-order valence-corrected chi connectivity index (χ0v) is 21.3. The molecule has 3 saturated heterocycles. The molecule has 198 valence electrons. The molecule has 1 atom stereocenters. The molecular formula is C28H32N6O4. The van der Waals surface area contributed by atoms with Crippen molar-refractivity contribution in [1.82, 2.24) is 15.1 Å². The molecule has 0 saturated carbocycles. The standard InChI is InChI=1S/C28H32N6O4/c29-26(36)22-3-1-2-4-23(22)32-11-9-31(10-12-32)14-18-15-33(16-18)20-5-6-21-19(13-20)17-34(28(21)38)24-7-8-25(35)30-27(24)37/h1-6,13,18,24H,7-12,14-17H2,(H2,29,36)(H,30,35,37). The summed E-state index contributed by atoms with van der Waals surface area (Å²) in [5.41, 5.74) is 9.74. The van der Waals surface area contributed by atoms with Gasteiger partial charge in [0.05, 0.1) is 5.56 Å². The number of imide groups is 1. The van der Waals surface area contributed by atoms with E-state index in [1.165, 1.54) is 0 Å². The van der Waals surface area contributed by atoms with Crippen molar-refractivity contribution in [2.24, 2.45) is 11.7 Å². The molecule has 10 heteroatoms. The first-order valence-electron chi connectivity index (χ1n) is 13.3. The Morgan fingerprint density at radius 2 is 1.74 bits per heavy atom. The minimum atomic E-state index is -0.589. The average Bonchev–Trinajstić information content (AvgIpc) is 3.21. The minimum absolute atomic E-state index is 0.139. The summed E-state index contributed by atoms with van der Waals surface area (Å²) in [6.07, 6.45) is 0.629. The van der Waals surface area contributed by atoms with Gasteiger partial charge in [0.25, 0.3) is 11.8 Å². The van der Waals surface area contributed by atoms with Crippen molar-refractivity contribution in [3.63, 3.8) is 0 Å². The Kier molecular flexibility index (Phi) is 6.27. The molecule has 0 radical (unpaired) electrons. The van der Waals surface area contributed by atoms with Crippen molar-refractivity contribution in [3.05, 3.63) is 59.2 Å². The topological polar surface area (TPSA) is 119 Å². The van der Waals surface area contributed by atoms with Gasteiger partial charge in [0.1, 0.15) is 6.04 Å². The van der Waals surface area contributed by atoms with E-state index in [-0.39, 0.29) is 24.1 Å². The normalized spacial score (nSPS) is 22.4. The molecule has 3 fully saturated rings. The van der Waals surface area contributed by atoms with E-state index >= 15 is 0 Å². The van der Waals surface area contributed by atoms with Gasteiger partial charge in [0.2, 0.25) is 11.8 Å². The summed E-state index contributed by atoms with van der Waals surface area (Å²) in [4.78, 5) is 57.2. The third kappa shape index (κ3) is 4.49. The zero-order chi connectivity index (χ0) is 26.4. The van der Waals surface area contributed by atoms with E-state index < -0.39 is 11.9 Å². The molecule has 2 aromatic carbocycles. The fraction of sp³-hybridized carbons (Fsp3) is 0.429. The largest absolute Gasteiger partial charge is 0.371 e. The molecule has 6 rings (SSSR count). The minimum Gasteiger partial charge on any atom is -0.371 e. The van der Waals surface area contributed by atoms with Crippen molar-refractivity contribution in [2.45, 2.75) is 25.4 Å². The maximum absolute atomic E-state index is 12.9. The highest BCUT2D eigenvalue weighted by atomic mass is 16.2. The smallest absolute Gasteiger partial charge is 0.255 e. The first-order valence-corrected chi connectivity index (χ1v) is 13.3. The second kappa shape index (κ2) is 9.75. The van der Waals surface area contributed by atoms with Crippen molar-refractivity contribution in [2.75, 3.05) is 55.6 Å².